The largest absolute Gasteiger partial charge is 0.497 e. The molecule has 1 aliphatic rings. The molecular formula is C42H43ClO6. The lowest BCUT2D eigenvalue weighted by molar-refractivity contribution is -0.222. The molecule has 254 valence electrons. The maximum absolute atomic E-state index is 6.94. The molecule has 0 spiro atoms. The molecule has 0 N–H and O–H groups in total. The van der Waals surface area contributed by atoms with E-state index < -0.39 is 6.10 Å². The molecular weight excluding hydrogens is 636 g/mol. The van der Waals surface area contributed by atoms with Crippen molar-refractivity contribution in [3.63, 3.8) is 0 Å². The summed E-state index contributed by atoms with van der Waals surface area (Å²) in [5, 5.41) is 0.635. The van der Waals surface area contributed by atoms with Gasteiger partial charge < -0.3 is 28.4 Å². The van der Waals surface area contributed by atoms with Gasteiger partial charge >= 0.3 is 0 Å². The quantitative estimate of drug-likeness (QED) is 0.110. The molecule has 4 atom stereocenters. The van der Waals surface area contributed by atoms with E-state index in [2.05, 4.69) is 54.6 Å². The summed E-state index contributed by atoms with van der Waals surface area (Å²) in [6.45, 7) is 1.66. The normalized spacial score (nSPS) is 19.0. The predicted octanol–water partition coefficient (Wildman–Crippen LogP) is 9.17. The van der Waals surface area contributed by atoms with Crippen LogP contribution in [0.4, 0.5) is 0 Å². The number of hydrogen-bond acceptors (Lipinski definition) is 6. The third-order valence-electron chi connectivity index (χ3n) is 8.80. The average molecular weight is 679 g/mol. The van der Waals surface area contributed by atoms with Gasteiger partial charge in [0.1, 0.15) is 23.7 Å². The topological polar surface area (TPSA) is 55.4 Å². The Labute approximate surface area is 294 Å². The highest BCUT2D eigenvalue weighted by molar-refractivity contribution is 6.31. The summed E-state index contributed by atoms with van der Waals surface area (Å²) in [6.07, 6.45) is -0.248. The van der Waals surface area contributed by atoms with Crippen molar-refractivity contribution in [3.8, 4) is 11.5 Å². The third-order valence-corrected chi connectivity index (χ3v) is 9.16. The second-order valence-corrected chi connectivity index (χ2v) is 12.6. The lowest BCUT2D eigenvalue weighted by Crippen LogP contribution is -2.50. The van der Waals surface area contributed by atoms with Crippen LogP contribution in [0.3, 0.4) is 0 Å². The first-order chi connectivity index (χ1) is 24.1. The Morgan fingerprint density at radius 1 is 0.653 bits per heavy atom. The molecule has 0 radical (unpaired) electrons. The van der Waals surface area contributed by atoms with E-state index in [9.17, 15) is 0 Å². The zero-order valence-corrected chi connectivity index (χ0v) is 28.8. The van der Waals surface area contributed by atoms with E-state index in [0.29, 0.717) is 50.0 Å². The highest BCUT2D eigenvalue weighted by Crippen LogP contribution is 2.41. The minimum Gasteiger partial charge on any atom is -0.497 e. The molecule has 0 aromatic heterocycles. The fourth-order valence-corrected chi connectivity index (χ4v) is 6.42. The Morgan fingerprint density at radius 3 is 1.84 bits per heavy atom. The SMILES string of the molecule is COc1ccc(Cc2cc([C@H]3C[C@@H](OCc4ccccc4)[C@H](OCc4ccccc4)[C@@H](COCc4ccccc4)O3)c(OC)cc2Cl)cc1. The van der Waals surface area contributed by atoms with Gasteiger partial charge in [0.05, 0.1) is 52.9 Å². The van der Waals surface area contributed by atoms with Gasteiger partial charge in [0, 0.05) is 17.0 Å². The van der Waals surface area contributed by atoms with Crippen molar-refractivity contribution in [2.45, 2.75) is 57.1 Å². The maximum Gasteiger partial charge on any atom is 0.126 e. The van der Waals surface area contributed by atoms with Gasteiger partial charge in [-0.15, -0.1) is 0 Å². The van der Waals surface area contributed by atoms with E-state index in [-0.39, 0.29) is 18.3 Å². The summed E-state index contributed by atoms with van der Waals surface area (Å²) in [4.78, 5) is 0. The van der Waals surface area contributed by atoms with Gasteiger partial charge in [-0.3, -0.25) is 0 Å². The standard InChI is InChI=1S/C42H43ClO6/c1-44-35-20-18-30(19-21-35)22-34-23-36(38(45-2)24-37(34)43)39-25-40(47-27-32-14-8-4-9-15-32)42(48-28-33-16-10-5-11-17-33)41(49-39)29-46-26-31-12-6-3-7-13-31/h3-21,23-24,39-42H,22,25-29H2,1-2H3/t39-,40-,41-,42+/m1/s1. The molecule has 7 heteroatoms. The van der Waals surface area contributed by atoms with Crippen LogP contribution in [-0.2, 0) is 45.2 Å². The fourth-order valence-electron chi connectivity index (χ4n) is 6.20. The lowest BCUT2D eigenvalue weighted by Gasteiger charge is -2.42. The van der Waals surface area contributed by atoms with Gasteiger partial charge in [0.15, 0.2) is 0 Å². The van der Waals surface area contributed by atoms with Gasteiger partial charge in [-0.2, -0.15) is 0 Å². The van der Waals surface area contributed by atoms with Crippen LogP contribution in [0.15, 0.2) is 127 Å². The Kier molecular flexibility index (Phi) is 12.4. The number of benzene rings is 5. The molecule has 1 saturated heterocycles. The van der Waals surface area contributed by atoms with Gasteiger partial charge in [-0.05, 0) is 58.5 Å². The molecule has 0 aliphatic carbocycles. The van der Waals surface area contributed by atoms with Crippen LogP contribution in [0.2, 0.25) is 5.02 Å². The van der Waals surface area contributed by atoms with Crippen molar-refractivity contribution in [2.75, 3.05) is 20.8 Å². The minimum absolute atomic E-state index is 0.293. The first-order valence-electron chi connectivity index (χ1n) is 16.7. The number of ether oxygens (including phenoxy) is 6. The smallest absolute Gasteiger partial charge is 0.126 e. The predicted molar refractivity (Wildman–Crippen MR) is 192 cm³/mol. The van der Waals surface area contributed by atoms with E-state index in [1.54, 1.807) is 14.2 Å². The van der Waals surface area contributed by atoms with Gasteiger partial charge in [0.2, 0.25) is 0 Å². The van der Waals surface area contributed by atoms with Crippen LogP contribution in [0.1, 0.15) is 45.9 Å². The van der Waals surface area contributed by atoms with Crippen molar-refractivity contribution >= 4 is 11.6 Å². The zero-order chi connectivity index (χ0) is 33.8. The second kappa shape index (κ2) is 17.5. The van der Waals surface area contributed by atoms with Crippen LogP contribution in [0.5, 0.6) is 11.5 Å². The van der Waals surface area contributed by atoms with Crippen LogP contribution < -0.4 is 9.47 Å². The molecule has 6 nitrogen and oxygen atoms in total. The molecule has 0 unspecified atom stereocenters. The molecule has 5 aromatic rings. The van der Waals surface area contributed by atoms with Crippen molar-refractivity contribution in [2.24, 2.45) is 0 Å². The number of halogens is 1. The average Bonchev–Trinajstić information content (AvgIpc) is 3.15. The van der Waals surface area contributed by atoms with E-state index >= 15 is 0 Å². The van der Waals surface area contributed by atoms with Crippen molar-refractivity contribution < 1.29 is 28.4 Å². The van der Waals surface area contributed by atoms with Crippen LogP contribution in [-0.4, -0.2) is 39.1 Å². The molecule has 0 amide bonds. The number of methoxy groups -OCH3 is 2. The van der Waals surface area contributed by atoms with E-state index in [1.165, 1.54) is 0 Å². The van der Waals surface area contributed by atoms with Gasteiger partial charge in [-0.25, -0.2) is 0 Å². The molecule has 1 fully saturated rings. The summed E-state index contributed by atoms with van der Waals surface area (Å²) < 4.78 is 37.9. The summed E-state index contributed by atoms with van der Waals surface area (Å²) in [7, 11) is 3.33. The van der Waals surface area contributed by atoms with E-state index in [4.69, 9.17) is 40.0 Å². The summed E-state index contributed by atoms with van der Waals surface area (Å²) in [5.74, 6) is 1.48. The Morgan fingerprint density at radius 2 is 1.24 bits per heavy atom. The van der Waals surface area contributed by atoms with Crippen molar-refractivity contribution in [3.05, 3.63) is 166 Å². The highest BCUT2D eigenvalue weighted by atomic mass is 35.5. The van der Waals surface area contributed by atoms with Crippen LogP contribution in [0, 0.1) is 0 Å². The third kappa shape index (κ3) is 9.50. The molecule has 0 bridgehead atoms. The van der Waals surface area contributed by atoms with Crippen LogP contribution >= 0.6 is 11.6 Å². The molecule has 49 heavy (non-hydrogen) atoms. The first-order valence-corrected chi connectivity index (χ1v) is 17.0. The van der Waals surface area contributed by atoms with E-state index in [0.717, 1.165) is 39.1 Å². The van der Waals surface area contributed by atoms with Crippen molar-refractivity contribution in [1.29, 1.82) is 0 Å². The minimum atomic E-state index is -0.419. The zero-order valence-electron chi connectivity index (χ0n) is 28.0. The summed E-state index contributed by atoms with van der Waals surface area (Å²) in [5.41, 5.74) is 6.28. The van der Waals surface area contributed by atoms with Gasteiger partial charge in [0.25, 0.3) is 0 Å². The number of hydrogen-bond donors (Lipinski definition) is 0. The second-order valence-electron chi connectivity index (χ2n) is 12.2. The Bertz CT molecular complexity index is 1720. The first kappa shape index (κ1) is 34.7. The number of rotatable bonds is 15. The highest BCUT2D eigenvalue weighted by Gasteiger charge is 2.42. The van der Waals surface area contributed by atoms with Gasteiger partial charge in [-0.1, -0.05) is 115 Å². The molecule has 5 aromatic carbocycles. The molecule has 6 rings (SSSR count). The van der Waals surface area contributed by atoms with E-state index in [1.807, 2.05) is 72.8 Å². The molecule has 1 aliphatic heterocycles. The summed E-state index contributed by atoms with van der Waals surface area (Å²) in [6, 6.07) is 42.6. The van der Waals surface area contributed by atoms with Crippen LogP contribution in [0.25, 0.3) is 0 Å². The summed E-state index contributed by atoms with van der Waals surface area (Å²) >= 11 is 6.84. The molecule has 1 heterocycles. The Balaban J connectivity index is 1.30. The molecule has 0 saturated carbocycles. The Hall–Kier alpha value is -4.17. The maximum atomic E-state index is 6.94. The monoisotopic (exact) mass is 678 g/mol. The van der Waals surface area contributed by atoms with Crippen molar-refractivity contribution in [1.82, 2.24) is 0 Å². The lowest BCUT2D eigenvalue weighted by atomic mass is 9.91. The fraction of sp³-hybridized carbons (Fsp3) is 0.286.